The van der Waals surface area contributed by atoms with Gasteiger partial charge in [0, 0.05) is 38.6 Å². The van der Waals surface area contributed by atoms with Crippen LogP contribution in [0.5, 0.6) is 0 Å². The number of imidazole rings is 1. The van der Waals surface area contributed by atoms with Crippen LogP contribution in [-0.4, -0.2) is 21.0 Å². The molecule has 0 atom stereocenters. The lowest BCUT2D eigenvalue weighted by Crippen LogP contribution is -2.26. The van der Waals surface area contributed by atoms with Gasteiger partial charge in [-0.3, -0.25) is 9.47 Å². The van der Waals surface area contributed by atoms with Gasteiger partial charge in [0.2, 0.25) is 0 Å². The third-order valence-corrected chi connectivity index (χ3v) is 4.09. The predicted octanol–water partition coefficient (Wildman–Crippen LogP) is 3.27. The minimum Gasteiger partial charge on any atom is -0.313 e. The van der Waals surface area contributed by atoms with Gasteiger partial charge in [-0.1, -0.05) is 60.7 Å². The number of aromatic nitrogens is 2. The molecule has 0 aliphatic heterocycles. The van der Waals surface area contributed by atoms with E-state index in [-0.39, 0.29) is 5.69 Å². The van der Waals surface area contributed by atoms with Crippen molar-refractivity contribution in [2.24, 2.45) is 0 Å². The maximum Gasteiger partial charge on any atom is 0.325 e. The van der Waals surface area contributed by atoms with Gasteiger partial charge >= 0.3 is 5.69 Å². The van der Waals surface area contributed by atoms with Gasteiger partial charge in [0.25, 0.3) is 0 Å². The monoisotopic (exact) mass is 321 g/mol. The number of nitrogens with one attached hydrogen (secondary N) is 1. The number of hydrogen-bond donors (Lipinski definition) is 1. The quantitative estimate of drug-likeness (QED) is 0.692. The molecule has 0 aliphatic carbocycles. The fourth-order valence-electron chi connectivity index (χ4n) is 2.89. The van der Waals surface area contributed by atoms with Crippen molar-refractivity contribution in [3.8, 4) is 0 Å². The molecule has 1 aromatic heterocycles. The fourth-order valence-corrected chi connectivity index (χ4v) is 2.89. The number of aromatic amines is 1. The Morgan fingerprint density at radius 2 is 1.46 bits per heavy atom. The first-order valence-corrected chi connectivity index (χ1v) is 8.35. The van der Waals surface area contributed by atoms with E-state index >= 15 is 0 Å². The summed E-state index contributed by atoms with van der Waals surface area (Å²) in [7, 11) is 0. The van der Waals surface area contributed by atoms with Gasteiger partial charge in [0.1, 0.15) is 0 Å². The van der Waals surface area contributed by atoms with Crippen molar-refractivity contribution in [3.63, 3.8) is 0 Å². The van der Waals surface area contributed by atoms with E-state index in [0.717, 1.165) is 32.6 Å². The zero-order valence-electron chi connectivity index (χ0n) is 13.8. The van der Waals surface area contributed by atoms with E-state index in [0.29, 0.717) is 0 Å². The molecule has 3 rings (SSSR count). The molecule has 4 heteroatoms. The highest BCUT2D eigenvalue weighted by atomic mass is 16.1. The first-order valence-electron chi connectivity index (χ1n) is 8.35. The van der Waals surface area contributed by atoms with Crippen LogP contribution in [0, 0.1) is 0 Å². The van der Waals surface area contributed by atoms with Crippen molar-refractivity contribution in [3.05, 3.63) is 94.7 Å². The number of hydrogen-bond acceptors (Lipinski definition) is 2. The lowest BCUT2D eigenvalue weighted by atomic mass is 10.1. The van der Waals surface area contributed by atoms with Gasteiger partial charge in [0.05, 0.1) is 0 Å². The highest BCUT2D eigenvalue weighted by Crippen LogP contribution is 2.10. The molecule has 3 aromatic rings. The van der Waals surface area contributed by atoms with Crippen LogP contribution >= 0.6 is 0 Å². The van der Waals surface area contributed by atoms with Gasteiger partial charge in [-0.15, -0.1) is 0 Å². The van der Waals surface area contributed by atoms with E-state index in [1.807, 2.05) is 12.1 Å². The van der Waals surface area contributed by atoms with Crippen LogP contribution in [0.25, 0.3) is 0 Å². The summed E-state index contributed by atoms with van der Waals surface area (Å²) in [6.45, 7) is 3.51. The summed E-state index contributed by atoms with van der Waals surface area (Å²) in [6, 6.07) is 21.1. The van der Waals surface area contributed by atoms with E-state index in [9.17, 15) is 4.79 Å². The Labute approximate surface area is 142 Å². The SMILES string of the molecule is O=c1[nH]ccn1CCCN(Cc1ccccc1)Cc1ccccc1. The molecule has 1 N–H and O–H groups in total. The lowest BCUT2D eigenvalue weighted by molar-refractivity contribution is 0.248. The fraction of sp³-hybridized carbons (Fsp3) is 0.250. The molecule has 0 spiro atoms. The number of nitrogens with zero attached hydrogens (tertiary/aromatic N) is 2. The van der Waals surface area contributed by atoms with Crippen LogP contribution in [0.4, 0.5) is 0 Å². The second-order valence-electron chi connectivity index (χ2n) is 5.99. The molecule has 24 heavy (non-hydrogen) atoms. The zero-order chi connectivity index (χ0) is 16.6. The number of benzene rings is 2. The summed E-state index contributed by atoms with van der Waals surface area (Å²) in [5.74, 6) is 0. The topological polar surface area (TPSA) is 41.0 Å². The molecule has 0 radical (unpaired) electrons. The van der Waals surface area contributed by atoms with E-state index < -0.39 is 0 Å². The van der Waals surface area contributed by atoms with Crippen LogP contribution in [0.3, 0.4) is 0 Å². The second-order valence-corrected chi connectivity index (χ2v) is 5.99. The lowest BCUT2D eigenvalue weighted by Gasteiger charge is -2.22. The first kappa shape index (κ1) is 16.3. The van der Waals surface area contributed by atoms with Gasteiger partial charge in [-0.2, -0.15) is 0 Å². The first-order chi connectivity index (χ1) is 11.8. The molecule has 0 saturated heterocycles. The third-order valence-electron chi connectivity index (χ3n) is 4.09. The average molecular weight is 321 g/mol. The number of H-pyrrole nitrogens is 1. The summed E-state index contributed by atoms with van der Waals surface area (Å²) in [4.78, 5) is 16.7. The smallest absolute Gasteiger partial charge is 0.313 e. The maximum atomic E-state index is 11.6. The van der Waals surface area contributed by atoms with E-state index in [1.54, 1.807) is 17.0 Å². The Morgan fingerprint density at radius 1 is 0.875 bits per heavy atom. The predicted molar refractivity (Wildman–Crippen MR) is 96.7 cm³/mol. The highest BCUT2D eigenvalue weighted by Gasteiger charge is 2.07. The normalized spacial score (nSPS) is 11.0. The Kier molecular flexibility index (Phi) is 5.64. The van der Waals surface area contributed by atoms with E-state index in [4.69, 9.17) is 0 Å². The molecule has 0 aliphatic rings. The van der Waals surface area contributed by atoms with E-state index in [1.165, 1.54) is 11.1 Å². The Morgan fingerprint density at radius 3 is 1.96 bits per heavy atom. The van der Waals surface area contributed by atoms with Gasteiger partial charge in [-0.05, 0) is 17.5 Å². The number of aryl methyl sites for hydroxylation is 1. The minimum atomic E-state index is -0.0346. The summed E-state index contributed by atoms with van der Waals surface area (Å²) < 4.78 is 1.73. The summed E-state index contributed by atoms with van der Waals surface area (Å²) in [5.41, 5.74) is 2.59. The second kappa shape index (κ2) is 8.31. The van der Waals surface area contributed by atoms with Crippen molar-refractivity contribution in [2.45, 2.75) is 26.1 Å². The van der Waals surface area contributed by atoms with Gasteiger partial charge in [0.15, 0.2) is 0 Å². The van der Waals surface area contributed by atoms with Crippen molar-refractivity contribution in [2.75, 3.05) is 6.54 Å². The molecule has 0 amide bonds. The Hall–Kier alpha value is -2.59. The van der Waals surface area contributed by atoms with Crippen LogP contribution in [0.2, 0.25) is 0 Å². The van der Waals surface area contributed by atoms with Crippen molar-refractivity contribution in [1.82, 2.24) is 14.5 Å². The maximum absolute atomic E-state index is 11.6. The molecular weight excluding hydrogens is 298 g/mol. The third kappa shape index (κ3) is 4.70. The summed E-state index contributed by atoms with van der Waals surface area (Å²) in [6.07, 6.45) is 4.44. The standard InChI is InChI=1S/C20H23N3O/c24-20-21-12-15-23(20)14-7-13-22(16-18-8-3-1-4-9-18)17-19-10-5-2-6-11-19/h1-6,8-12,15H,7,13-14,16-17H2,(H,21,24). The number of rotatable bonds is 8. The molecule has 124 valence electrons. The van der Waals surface area contributed by atoms with Crippen molar-refractivity contribution < 1.29 is 0 Å². The Bertz CT molecular complexity index is 736. The molecule has 2 aromatic carbocycles. The van der Waals surface area contributed by atoms with Crippen molar-refractivity contribution >= 4 is 0 Å². The Balaban J connectivity index is 1.62. The van der Waals surface area contributed by atoms with Crippen LogP contribution in [-0.2, 0) is 19.6 Å². The van der Waals surface area contributed by atoms with Crippen molar-refractivity contribution in [1.29, 1.82) is 0 Å². The average Bonchev–Trinajstić information content (AvgIpc) is 3.02. The molecule has 0 bridgehead atoms. The molecule has 4 nitrogen and oxygen atoms in total. The van der Waals surface area contributed by atoms with Gasteiger partial charge in [-0.25, -0.2) is 4.79 Å². The minimum absolute atomic E-state index is 0.0346. The van der Waals surface area contributed by atoms with E-state index in [2.05, 4.69) is 58.4 Å². The summed E-state index contributed by atoms with van der Waals surface area (Å²) in [5, 5.41) is 0. The molecule has 0 unspecified atom stereocenters. The zero-order valence-corrected chi connectivity index (χ0v) is 13.8. The van der Waals surface area contributed by atoms with Crippen LogP contribution in [0.1, 0.15) is 17.5 Å². The highest BCUT2D eigenvalue weighted by molar-refractivity contribution is 5.17. The summed E-state index contributed by atoms with van der Waals surface area (Å²) >= 11 is 0. The van der Waals surface area contributed by atoms with Crippen LogP contribution < -0.4 is 5.69 Å². The molecule has 0 fully saturated rings. The van der Waals surface area contributed by atoms with Gasteiger partial charge < -0.3 is 4.98 Å². The molecular formula is C20H23N3O. The van der Waals surface area contributed by atoms with Crippen LogP contribution in [0.15, 0.2) is 77.9 Å². The largest absolute Gasteiger partial charge is 0.325 e. The molecule has 1 heterocycles. The molecule has 0 saturated carbocycles.